The van der Waals surface area contributed by atoms with E-state index >= 15 is 0 Å². The SMILES string of the molecule is O=C(O)C1CCC(NC(=O)N2C[C@H]3CCCC[C@H]3C2)CC1. The summed E-state index contributed by atoms with van der Waals surface area (Å²) in [5, 5.41) is 12.1. The fraction of sp³-hybridized carbons (Fsp3) is 0.875. The highest BCUT2D eigenvalue weighted by molar-refractivity contribution is 5.75. The van der Waals surface area contributed by atoms with Crippen LogP contribution in [0.1, 0.15) is 51.4 Å². The van der Waals surface area contributed by atoms with Crippen molar-refractivity contribution in [2.24, 2.45) is 17.8 Å². The van der Waals surface area contributed by atoms with E-state index in [-0.39, 0.29) is 18.0 Å². The van der Waals surface area contributed by atoms with Gasteiger partial charge in [0, 0.05) is 19.1 Å². The molecule has 0 aromatic heterocycles. The van der Waals surface area contributed by atoms with E-state index in [2.05, 4.69) is 5.32 Å². The molecule has 0 spiro atoms. The predicted octanol–water partition coefficient (Wildman–Crippen LogP) is 2.46. The molecule has 118 valence electrons. The molecule has 1 aliphatic heterocycles. The number of likely N-dealkylation sites (tertiary alicyclic amines) is 1. The first-order valence-electron chi connectivity index (χ1n) is 8.41. The third kappa shape index (κ3) is 3.33. The van der Waals surface area contributed by atoms with E-state index in [1.165, 1.54) is 25.7 Å². The Kier molecular flexibility index (Phi) is 4.36. The van der Waals surface area contributed by atoms with Crippen LogP contribution in [0, 0.1) is 17.8 Å². The largest absolute Gasteiger partial charge is 0.481 e. The minimum absolute atomic E-state index is 0.0724. The van der Waals surface area contributed by atoms with E-state index in [0.29, 0.717) is 24.7 Å². The highest BCUT2D eigenvalue weighted by Crippen LogP contribution is 2.36. The summed E-state index contributed by atoms with van der Waals surface area (Å²) in [4.78, 5) is 25.3. The van der Waals surface area contributed by atoms with Gasteiger partial charge in [0.2, 0.25) is 0 Å². The molecule has 0 unspecified atom stereocenters. The van der Waals surface area contributed by atoms with Crippen LogP contribution < -0.4 is 5.32 Å². The Morgan fingerprint density at radius 3 is 2.00 bits per heavy atom. The Morgan fingerprint density at radius 1 is 0.905 bits per heavy atom. The molecule has 3 fully saturated rings. The van der Waals surface area contributed by atoms with Crippen LogP contribution in [0.25, 0.3) is 0 Å². The van der Waals surface area contributed by atoms with Gasteiger partial charge < -0.3 is 15.3 Å². The van der Waals surface area contributed by atoms with E-state index in [9.17, 15) is 9.59 Å². The first-order chi connectivity index (χ1) is 10.1. The highest BCUT2D eigenvalue weighted by atomic mass is 16.4. The smallest absolute Gasteiger partial charge is 0.317 e. The topological polar surface area (TPSA) is 69.6 Å². The van der Waals surface area contributed by atoms with Gasteiger partial charge in [-0.3, -0.25) is 4.79 Å². The van der Waals surface area contributed by atoms with Crippen molar-refractivity contribution in [3.63, 3.8) is 0 Å². The molecule has 2 amide bonds. The summed E-state index contributed by atoms with van der Waals surface area (Å²) >= 11 is 0. The fourth-order valence-corrected chi connectivity index (χ4v) is 4.32. The molecule has 5 heteroatoms. The van der Waals surface area contributed by atoms with Gasteiger partial charge in [-0.15, -0.1) is 0 Å². The second-order valence-corrected chi connectivity index (χ2v) is 7.05. The van der Waals surface area contributed by atoms with E-state index in [0.717, 1.165) is 25.9 Å². The zero-order valence-corrected chi connectivity index (χ0v) is 12.6. The first-order valence-corrected chi connectivity index (χ1v) is 8.41. The summed E-state index contributed by atoms with van der Waals surface area (Å²) in [6.45, 7) is 1.84. The number of carboxylic acid groups (broad SMARTS) is 1. The quantitative estimate of drug-likeness (QED) is 0.822. The Labute approximate surface area is 126 Å². The van der Waals surface area contributed by atoms with Gasteiger partial charge in [-0.25, -0.2) is 4.79 Å². The standard InChI is InChI=1S/C16H26N2O3/c19-15(20)11-5-7-14(8-6-11)17-16(21)18-9-12-3-1-2-4-13(12)10-18/h11-14H,1-10H2,(H,17,21)(H,19,20)/t11?,12-,13+,14?. The zero-order chi connectivity index (χ0) is 14.8. The summed E-state index contributed by atoms with van der Waals surface area (Å²) in [7, 11) is 0. The maximum Gasteiger partial charge on any atom is 0.317 e. The maximum absolute atomic E-state index is 12.4. The monoisotopic (exact) mass is 294 g/mol. The molecule has 1 heterocycles. The lowest BCUT2D eigenvalue weighted by molar-refractivity contribution is -0.142. The number of fused-ring (bicyclic) bond motifs is 1. The highest BCUT2D eigenvalue weighted by Gasteiger charge is 2.37. The van der Waals surface area contributed by atoms with Crippen molar-refractivity contribution in [3.8, 4) is 0 Å². The number of carboxylic acids is 1. The van der Waals surface area contributed by atoms with Crippen LogP contribution >= 0.6 is 0 Å². The lowest BCUT2D eigenvalue weighted by atomic mass is 9.82. The summed E-state index contributed by atoms with van der Waals surface area (Å²) in [5.74, 6) is 0.524. The summed E-state index contributed by atoms with van der Waals surface area (Å²) in [6.07, 6.45) is 8.14. The van der Waals surface area contributed by atoms with Gasteiger partial charge in [-0.2, -0.15) is 0 Å². The van der Waals surface area contributed by atoms with Crippen molar-refractivity contribution in [2.45, 2.75) is 57.4 Å². The second-order valence-electron chi connectivity index (χ2n) is 7.05. The van der Waals surface area contributed by atoms with Crippen LogP contribution in [0.3, 0.4) is 0 Å². The number of hydrogen-bond acceptors (Lipinski definition) is 2. The Balaban J connectivity index is 1.46. The molecule has 2 atom stereocenters. The van der Waals surface area contributed by atoms with Gasteiger partial charge in [0.05, 0.1) is 5.92 Å². The van der Waals surface area contributed by atoms with Gasteiger partial charge in [-0.1, -0.05) is 12.8 Å². The van der Waals surface area contributed by atoms with Gasteiger partial charge in [-0.05, 0) is 50.4 Å². The molecule has 2 N–H and O–H groups in total. The number of amides is 2. The molecule has 3 aliphatic rings. The van der Waals surface area contributed by atoms with Crippen molar-refractivity contribution >= 4 is 12.0 Å². The number of rotatable bonds is 2. The lowest BCUT2D eigenvalue weighted by Gasteiger charge is -2.28. The van der Waals surface area contributed by atoms with Crippen LogP contribution in [0.15, 0.2) is 0 Å². The van der Waals surface area contributed by atoms with Crippen molar-refractivity contribution < 1.29 is 14.7 Å². The second kappa shape index (κ2) is 6.24. The third-order valence-corrected chi connectivity index (χ3v) is 5.67. The molecule has 3 rings (SSSR count). The van der Waals surface area contributed by atoms with Gasteiger partial charge in [0.15, 0.2) is 0 Å². The zero-order valence-electron chi connectivity index (χ0n) is 12.6. The van der Waals surface area contributed by atoms with Crippen molar-refractivity contribution in [3.05, 3.63) is 0 Å². The number of urea groups is 1. The molecule has 5 nitrogen and oxygen atoms in total. The Hall–Kier alpha value is -1.26. The molecular weight excluding hydrogens is 268 g/mol. The van der Waals surface area contributed by atoms with Gasteiger partial charge >= 0.3 is 12.0 Å². The van der Waals surface area contributed by atoms with E-state index < -0.39 is 5.97 Å². The molecule has 2 aliphatic carbocycles. The maximum atomic E-state index is 12.4. The molecular formula is C16H26N2O3. The van der Waals surface area contributed by atoms with Crippen molar-refractivity contribution in [2.75, 3.05) is 13.1 Å². The number of nitrogens with zero attached hydrogens (tertiary/aromatic N) is 1. The first kappa shape index (κ1) is 14.7. The molecule has 1 saturated heterocycles. The third-order valence-electron chi connectivity index (χ3n) is 5.67. The Morgan fingerprint density at radius 2 is 1.48 bits per heavy atom. The number of aliphatic carboxylic acids is 1. The molecule has 0 bridgehead atoms. The van der Waals surface area contributed by atoms with E-state index in [1.54, 1.807) is 0 Å². The summed E-state index contributed by atoms with van der Waals surface area (Å²) in [5.41, 5.74) is 0. The molecule has 0 aromatic carbocycles. The average molecular weight is 294 g/mol. The number of nitrogens with one attached hydrogen (secondary N) is 1. The molecule has 21 heavy (non-hydrogen) atoms. The molecule has 0 aromatic rings. The minimum atomic E-state index is -0.691. The van der Waals surface area contributed by atoms with E-state index in [4.69, 9.17) is 5.11 Å². The van der Waals surface area contributed by atoms with Crippen LogP contribution in [0.5, 0.6) is 0 Å². The Bertz CT molecular complexity index is 390. The molecule has 2 saturated carbocycles. The summed E-state index contributed by atoms with van der Waals surface area (Å²) in [6, 6.07) is 0.235. The van der Waals surface area contributed by atoms with Crippen LogP contribution in [-0.4, -0.2) is 41.1 Å². The normalized spacial score (nSPS) is 36.1. The van der Waals surface area contributed by atoms with Crippen LogP contribution in [0.2, 0.25) is 0 Å². The number of carbonyl (C=O) groups is 2. The number of hydrogen-bond donors (Lipinski definition) is 2. The molecule has 0 radical (unpaired) electrons. The van der Waals surface area contributed by atoms with Crippen LogP contribution in [-0.2, 0) is 4.79 Å². The van der Waals surface area contributed by atoms with E-state index in [1.807, 2.05) is 4.90 Å². The van der Waals surface area contributed by atoms with Gasteiger partial charge in [0.1, 0.15) is 0 Å². The fourth-order valence-electron chi connectivity index (χ4n) is 4.32. The minimum Gasteiger partial charge on any atom is -0.481 e. The van der Waals surface area contributed by atoms with Crippen molar-refractivity contribution in [1.29, 1.82) is 0 Å². The predicted molar refractivity (Wildman–Crippen MR) is 78.9 cm³/mol. The van der Waals surface area contributed by atoms with Crippen LogP contribution in [0.4, 0.5) is 4.79 Å². The summed E-state index contributed by atoms with van der Waals surface area (Å²) < 4.78 is 0. The lowest BCUT2D eigenvalue weighted by Crippen LogP contribution is -2.45. The van der Waals surface area contributed by atoms with Crippen molar-refractivity contribution in [1.82, 2.24) is 10.2 Å². The van der Waals surface area contributed by atoms with Gasteiger partial charge in [0.25, 0.3) is 0 Å². The number of carbonyl (C=O) groups excluding carboxylic acids is 1. The average Bonchev–Trinajstić information content (AvgIpc) is 2.92.